The second kappa shape index (κ2) is 4.03. The minimum atomic E-state index is -1.45. The fraction of sp³-hybridized carbons (Fsp3) is 1.00. The summed E-state index contributed by atoms with van der Waals surface area (Å²) in [5, 5.41) is 0. The highest BCUT2D eigenvalue weighted by molar-refractivity contribution is 6.69. The van der Waals surface area contributed by atoms with E-state index in [1.165, 1.54) is 12.5 Å². The molecular formula is C6H17NOSi. The first-order valence-electron chi connectivity index (χ1n) is 3.42. The van der Waals surface area contributed by atoms with Crippen molar-refractivity contribution in [2.24, 2.45) is 0 Å². The van der Waals surface area contributed by atoms with E-state index < -0.39 is 8.48 Å². The van der Waals surface area contributed by atoms with E-state index in [1.54, 1.807) is 7.11 Å². The van der Waals surface area contributed by atoms with Gasteiger partial charge in [-0.05, 0) is 19.6 Å². The Hall–Kier alpha value is 0.137. The lowest BCUT2D eigenvalue weighted by Gasteiger charge is -2.22. The summed E-state index contributed by atoms with van der Waals surface area (Å²) in [5.74, 6) is 0. The van der Waals surface area contributed by atoms with E-state index in [9.17, 15) is 0 Å². The molecule has 3 heteroatoms. The SMILES string of the molecule is CCC[Si](C)(NC)OC. The Morgan fingerprint density at radius 3 is 2.22 bits per heavy atom. The average molecular weight is 147 g/mol. The Morgan fingerprint density at radius 1 is 1.56 bits per heavy atom. The van der Waals surface area contributed by atoms with Crippen LogP contribution >= 0.6 is 0 Å². The van der Waals surface area contributed by atoms with Crippen molar-refractivity contribution in [1.82, 2.24) is 4.98 Å². The molecule has 0 spiro atoms. The molecular weight excluding hydrogens is 130 g/mol. The van der Waals surface area contributed by atoms with Crippen molar-refractivity contribution in [3.8, 4) is 0 Å². The van der Waals surface area contributed by atoms with E-state index in [-0.39, 0.29) is 0 Å². The summed E-state index contributed by atoms with van der Waals surface area (Å²) in [6.45, 7) is 4.37. The van der Waals surface area contributed by atoms with Gasteiger partial charge in [0.25, 0.3) is 8.48 Å². The Bertz CT molecular complexity index is 73.5. The highest BCUT2D eigenvalue weighted by Gasteiger charge is 2.23. The maximum Gasteiger partial charge on any atom is 0.264 e. The molecule has 0 heterocycles. The highest BCUT2D eigenvalue weighted by Crippen LogP contribution is 2.07. The van der Waals surface area contributed by atoms with Crippen molar-refractivity contribution in [1.29, 1.82) is 0 Å². The molecule has 1 N–H and O–H groups in total. The minimum Gasteiger partial charge on any atom is -0.406 e. The zero-order valence-electron chi connectivity index (χ0n) is 6.82. The van der Waals surface area contributed by atoms with Crippen molar-refractivity contribution in [2.75, 3.05) is 14.2 Å². The van der Waals surface area contributed by atoms with E-state index in [0.29, 0.717) is 0 Å². The van der Waals surface area contributed by atoms with Gasteiger partial charge in [-0.15, -0.1) is 0 Å². The molecule has 0 aromatic rings. The zero-order valence-corrected chi connectivity index (χ0v) is 7.82. The van der Waals surface area contributed by atoms with Gasteiger partial charge in [0, 0.05) is 7.11 Å². The fourth-order valence-electron chi connectivity index (χ4n) is 0.806. The van der Waals surface area contributed by atoms with Crippen LogP contribution < -0.4 is 4.98 Å². The van der Waals surface area contributed by atoms with Crippen LogP contribution in [0.5, 0.6) is 0 Å². The van der Waals surface area contributed by atoms with Gasteiger partial charge in [0.05, 0.1) is 0 Å². The van der Waals surface area contributed by atoms with E-state index in [4.69, 9.17) is 4.43 Å². The standard InChI is InChI=1S/C6H17NOSi/c1-5-6-9(4,7-2)8-3/h7H,5-6H2,1-4H3. The molecule has 1 atom stereocenters. The van der Waals surface area contributed by atoms with Gasteiger partial charge < -0.3 is 9.41 Å². The quantitative estimate of drug-likeness (QED) is 0.606. The smallest absolute Gasteiger partial charge is 0.264 e. The third-order valence-corrected chi connectivity index (χ3v) is 5.12. The summed E-state index contributed by atoms with van der Waals surface area (Å²) in [4.78, 5) is 3.25. The van der Waals surface area contributed by atoms with Crippen LogP contribution in [0, 0.1) is 0 Å². The van der Waals surface area contributed by atoms with Crippen LogP contribution in [0.15, 0.2) is 0 Å². The topological polar surface area (TPSA) is 21.3 Å². The fourth-order valence-corrected chi connectivity index (χ4v) is 2.42. The van der Waals surface area contributed by atoms with Crippen molar-refractivity contribution in [3.63, 3.8) is 0 Å². The Labute approximate surface area is 58.8 Å². The van der Waals surface area contributed by atoms with Crippen molar-refractivity contribution in [2.45, 2.75) is 25.9 Å². The van der Waals surface area contributed by atoms with Crippen LogP contribution in [0.25, 0.3) is 0 Å². The van der Waals surface area contributed by atoms with Crippen LogP contribution in [0.4, 0.5) is 0 Å². The van der Waals surface area contributed by atoms with Crippen LogP contribution in [0.2, 0.25) is 12.6 Å². The zero-order chi connectivity index (χ0) is 7.33. The molecule has 0 amide bonds. The lowest BCUT2D eigenvalue weighted by atomic mass is 10.6. The van der Waals surface area contributed by atoms with Crippen LogP contribution in [-0.2, 0) is 4.43 Å². The summed E-state index contributed by atoms with van der Waals surface area (Å²) < 4.78 is 5.36. The first-order chi connectivity index (χ1) is 4.18. The molecule has 0 fully saturated rings. The largest absolute Gasteiger partial charge is 0.406 e. The lowest BCUT2D eigenvalue weighted by Crippen LogP contribution is -2.47. The summed E-state index contributed by atoms with van der Waals surface area (Å²) in [7, 11) is 2.32. The molecule has 56 valence electrons. The molecule has 0 saturated carbocycles. The van der Waals surface area contributed by atoms with Crippen LogP contribution in [0.3, 0.4) is 0 Å². The predicted octanol–water partition coefficient (Wildman–Crippen LogP) is 1.33. The summed E-state index contributed by atoms with van der Waals surface area (Å²) >= 11 is 0. The molecule has 0 rings (SSSR count). The summed E-state index contributed by atoms with van der Waals surface area (Å²) in [6, 6.07) is 1.19. The minimum absolute atomic E-state index is 1.19. The second-order valence-electron chi connectivity index (χ2n) is 2.43. The molecule has 0 aromatic heterocycles. The Morgan fingerprint density at radius 2 is 2.11 bits per heavy atom. The van der Waals surface area contributed by atoms with Crippen molar-refractivity contribution >= 4 is 8.48 Å². The van der Waals surface area contributed by atoms with Gasteiger partial charge in [0.2, 0.25) is 0 Å². The molecule has 0 aliphatic carbocycles. The van der Waals surface area contributed by atoms with Crippen LogP contribution in [-0.4, -0.2) is 22.6 Å². The molecule has 2 nitrogen and oxygen atoms in total. The van der Waals surface area contributed by atoms with Crippen molar-refractivity contribution in [3.05, 3.63) is 0 Å². The molecule has 0 aliphatic rings. The highest BCUT2D eigenvalue weighted by atomic mass is 28.4. The third-order valence-electron chi connectivity index (χ3n) is 1.71. The molecule has 9 heavy (non-hydrogen) atoms. The van der Waals surface area contributed by atoms with Gasteiger partial charge in [-0.2, -0.15) is 0 Å². The number of nitrogens with one attached hydrogen (secondary N) is 1. The Balaban J connectivity index is 3.62. The molecule has 1 unspecified atom stereocenters. The summed E-state index contributed by atoms with van der Waals surface area (Å²) in [5.41, 5.74) is 0. The lowest BCUT2D eigenvalue weighted by molar-refractivity contribution is 0.386. The van der Waals surface area contributed by atoms with E-state index in [2.05, 4.69) is 18.5 Å². The van der Waals surface area contributed by atoms with Gasteiger partial charge in [0.15, 0.2) is 0 Å². The molecule has 0 saturated heterocycles. The van der Waals surface area contributed by atoms with Gasteiger partial charge in [-0.1, -0.05) is 13.3 Å². The Kier molecular flexibility index (Phi) is 4.09. The first-order valence-corrected chi connectivity index (χ1v) is 6.04. The molecule has 0 aromatic carbocycles. The van der Waals surface area contributed by atoms with E-state index in [1.807, 2.05) is 7.05 Å². The molecule has 0 radical (unpaired) electrons. The maximum atomic E-state index is 5.36. The van der Waals surface area contributed by atoms with Crippen molar-refractivity contribution < 1.29 is 4.43 Å². The first kappa shape index (κ1) is 9.14. The summed E-state index contributed by atoms with van der Waals surface area (Å²) in [6.07, 6.45) is 1.21. The van der Waals surface area contributed by atoms with E-state index in [0.717, 1.165) is 0 Å². The molecule has 0 aliphatic heterocycles. The predicted molar refractivity (Wildman–Crippen MR) is 42.8 cm³/mol. The monoisotopic (exact) mass is 147 g/mol. The van der Waals surface area contributed by atoms with Gasteiger partial charge in [0.1, 0.15) is 0 Å². The van der Waals surface area contributed by atoms with Gasteiger partial charge in [-0.25, -0.2) is 0 Å². The number of hydrogen-bond acceptors (Lipinski definition) is 2. The number of rotatable bonds is 4. The average Bonchev–Trinajstić information content (AvgIpc) is 1.89. The van der Waals surface area contributed by atoms with Gasteiger partial charge >= 0.3 is 0 Å². The third kappa shape index (κ3) is 2.98. The maximum absolute atomic E-state index is 5.36. The number of hydrogen-bond donors (Lipinski definition) is 1. The molecule has 0 bridgehead atoms. The van der Waals surface area contributed by atoms with Crippen LogP contribution in [0.1, 0.15) is 13.3 Å². The van der Waals surface area contributed by atoms with Gasteiger partial charge in [-0.3, -0.25) is 0 Å². The normalized spacial score (nSPS) is 17.3. The second-order valence-corrected chi connectivity index (χ2v) is 6.30. The van der Waals surface area contributed by atoms with E-state index >= 15 is 0 Å².